The Kier molecular flexibility index (Phi) is 3.72. The highest BCUT2D eigenvalue weighted by atomic mass is 16.5. The van der Waals surface area contributed by atoms with E-state index in [-0.39, 0.29) is 30.0 Å². The molecule has 0 aromatic rings. The van der Waals surface area contributed by atoms with Gasteiger partial charge in [0.15, 0.2) is 0 Å². The standard InChI is InChI=1S/C16H26N2O3/c1-15(2)10-12(6-9-21-15)18-11-13(19)17-16(14(18)20)7-4-3-5-8-16/h12H,3-11H2,1-2H3,(H,17,19). The predicted molar refractivity (Wildman–Crippen MR) is 78.7 cm³/mol. The average Bonchev–Trinajstić information content (AvgIpc) is 2.43. The fourth-order valence-electron chi connectivity index (χ4n) is 4.12. The zero-order chi connectivity index (χ0) is 15.1. The molecular weight excluding hydrogens is 268 g/mol. The van der Waals surface area contributed by atoms with Crippen LogP contribution in [0.15, 0.2) is 0 Å². The molecule has 118 valence electrons. The van der Waals surface area contributed by atoms with Crippen molar-refractivity contribution in [3.05, 3.63) is 0 Å². The van der Waals surface area contributed by atoms with Gasteiger partial charge in [-0.1, -0.05) is 19.3 Å². The SMILES string of the molecule is CC1(C)CC(N2CC(=O)NC3(CCCCC3)C2=O)CCO1. The summed E-state index contributed by atoms with van der Waals surface area (Å²) >= 11 is 0. The number of carbonyl (C=O) groups is 2. The molecule has 2 saturated heterocycles. The number of piperazine rings is 1. The summed E-state index contributed by atoms with van der Waals surface area (Å²) in [6.45, 7) is 4.99. The van der Waals surface area contributed by atoms with E-state index in [2.05, 4.69) is 19.2 Å². The Morgan fingerprint density at radius 2 is 1.90 bits per heavy atom. The molecule has 1 N–H and O–H groups in total. The molecule has 0 aromatic carbocycles. The first-order chi connectivity index (χ1) is 9.92. The lowest BCUT2D eigenvalue weighted by Gasteiger charge is -2.49. The van der Waals surface area contributed by atoms with Crippen LogP contribution in [0, 0.1) is 0 Å². The molecule has 1 saturated carbocycles. The lowest BCUT2D eigenvalue weighted by Crippen LogP contribution is -2.69. The van der Waals surface area contributed by atoms with Gasteiger partial charge >= 0.3 is 0 Å². The predicted octanol–water partition coefficient (Wildman–Crippen LogP) is 1.61. The van der Waals surface area contributed by atoms with Crippen LogP contribution in [-0.2, 0) is 14.3 Å². The van der Waals surface area contributed by atoms with Crippen LogP contribution in [-0.4, -0.2) is 47.0 Å². The van der Waals surface area contributed by atoms with Crippen LogP contribution in [0.1, 0.15) is 58.8 Å². The van der Waals surface area contributed by atoms with Gasteiger partial charge in [-0.3, -0.25) is 9.59 Å². The molecule has 2 amide bonds. The van der Waals surface area contributed by atoms with Crippen molar-refractivity contribution in [3.8, 4) is 0 Å². The van der Waals surface area contributed by atoms with Crippen molar-refractivity contribution in [2.24, 2.45) is 0 Å². The summed E-state index contributed by atoms with van der Waals surface area (Å²) in [6.07, 6.45) is 6.44. The highest BCUT2D eigenvalue weighted by molar-refractivity contribution is 5.98. The fraction of sp³-hybridized carbons (Fsp3) is 0.875. The first-order valence-corrected chi connectivity index (χ1v) is 8.18. The van der Waals surface area contributed by atoms with Crippen LogP contribution in [0.3, 0.4) is 0 Å². The van der Waals surface area contributed by atoms with E-state index in [1.807, 2.05) is 4.90 Å². The maximum absolute atomic E-state index is 13.0. The summed E-state index contributed by atoms with van der Waals surface area (Å²) in [5.74, 6) is 0.144. The monoisotopic (exact) mass is 294 g/mol. The van der Waals surface area contributed by atoms with Crippen molar-refractivity contribution < 1.29 is 14.3 Å². The van der Waals surface area contributed by atoms with E-state index in [1.54, 1.807) is 0 Å². The largest absolute Gasteiger partial charge is 0.375 e. The summed E-state index contributed by atoms with van der Waals surface area (Å²) < 4.78 is 5.75. The number of nitrogens with zero attached hydrogens (tertiary/aromatic N) is 1. The average molecular weight is 294 g/mol. The van der Waals surface area contributed by atoms with Gasteiger partial charge in [-0.05, 0) is 39.5 Å². The molecule has 3 aliphatic rings. The van der Waals surface area contributed by atoms with Crippen molar-refractivity contribution >= 4 is 11.8 Å². The van der Waals surface area contributed by atoms with E-state index < -0.39 is 5.54 Å². The van der Waals surface area contributed by atoms with Crippen molar-refractivity contribution in [2.75, 3.05) is 13.2 Å². The molecule has 0 aromatic heterocycles. The lowest BCUT2D eigenvalue weighted by molar-refractivity contribution is -0.159. The number of hydrogen-bond acceptors (Lipinski definition) is 3. The third-order valence-corrected chi connectivity index (χ3v) is 5.18. The Morgan fingerprint density at radius 3 is 2.57 bits per heavy atom. The Hall–Kier alpha value is -1.10. The van der Waals surface area contributed by atoms with E-state index in [1.165, 1.54) is 0 Å². The Morgan fingerprint density at radius 1 is 1.19 bits per heavy atom. The number of rotatable bonds is 1. The van der Waals surface area contributed by atoms with E-state index in [0.717, 1.165) is 44.9 Å². The number of carbonyl (C=O) groups excluding carboxylic acids is 2. The van der Waals surface area contributed by atoms with E-state index in [9.17, 15) is 9.59 Å². The zero-order valence-corrected chi connectivity index (χ0v) is 13.1. The molecule has 2 aliphatic heterocycles. The third kappa shape index (κ3) is 2.80. The summed E-state index contributed by atoms with van der Waals surface area (Å²) in [7, 11) is 0. The van der Waals surface area contributed by atoms with Gasteiger partial charge < -0.3 is 15.0 Å². The Balaban J connectivity index is 1.81. The van der Waals surface area contributed by atoms with E-state index >= 15 is 0 Å². The second kappa shape index (κ2) is 5.27. The Labute approximate surface area is 126 Å². The molecule has 3 fully saturated rings. The third-order valence-electron chi connectivity index (χ3n) is 5.18. The fourth-order valence-corrected chi connectivity index (χ4v) is 4.12. The van der Waals surface area contributed by atoms with Crippen LogP contribution in [0.5, 0.6) is 0 Å². The summed E-state index contributed by atoms with van der Waals surface area (Å²) in [5.41, 5.74) is -0.827. The second-order valence-electron chi connectivity index (χ2n) is 7.38. The Bertz CT molecular complexity index is 441. The lowest BCUT2D eigenvalue weighted by atomic mass is 9.78. The first kappa shape index (κ1) is 14.8. The molecule has 1 unspecified atom stereocenters. The minimum absolute atomic E-state index is 0.000739. The van der Waals surface area contributed by atoms with E-state index in [4.69, 9.17) is 4.74 Å². The van der Waals surface area contributed by atoms with Crippen LogP contribution in [0.4, 0.5) is 0 Å². The molecule has 0 bridgehead atoms. The maximum atomic E-state index is 13.0. The molecule has 1 spiro atoms. The molecule has 1 aliphatic carbocycles. The van der Waals surface area contributed by atoms with Gasteiger partial charge in [0.2, 0.25) is 11.8 Å². The van der Waals surface area contributed by atoms with Gasteiger partial charge in [0, 0.05) is 12.6 Å². The molecule has 5 nitrogen and oxygen atoms in total. The van der Waals surface area contributed by atoms with Gasteiger partial charge in [0.05, 0.1) is 12.1 Å². The minimum Gasteiger partial charge on any atom is -0.375 e. The number of amides is 2. The highest BCUT2D eigenvalue weighted by Crippen LogP contribution is 2.35. The summed E-state index contributed by atoms with van der Waals surface area (Å²) in [4.78, 5) is 27.0. The maximum Gasteiger partial charge on any atom is 0.249 e. The molecule has 2 heterocycles. The second-order valence-corrected chi connectivity index (χ2v) is 7.38. The number of ether oxygens (including phenoxy) is 1. The van der Waals surface area contributed by atoms with Crippen molar-refractivity contribution in [1.29, 1.82) is 0 Å². The van der Waals surface area contributed by atoms with Crippen molar-refractivity contribution in [3.63, 3.8) is 0 Å². The van der Waals surface area contributed by atoms with Crippen molar-refractivity contribution in [2.45, 2.75) is 76.0 Å². The van der Waals surface area contributed by atoms with Crippen molar-refractivity contribution in [1.82, 2.24) is 10.2 Å². The quantitative estimate of drug-likeness (QED) is 0.799. The van der Waals surface area contributed by atoms with Gasteiger partial charge in [-0.25, -0.2) is 0 Å². The van der Waals surface area contributed by atoms with Crippen LogP contribution in [0.25, 0.3) is 0 Å². The number of nitrogens with one attached hydrogen (secondary N) is 1. The molecule has 1 atom stereocenters. The zero-order valence-electron chi connectivity index (χ0n) is 13.1. The highest BCUT2D eigenvalue weighted by Gasteiger charge is 2.49. The first-order valence-electron chi connectivity index (χ1n) is 8.18. The summed E-state index contributed by atoms with van der Waals surface area (Å²) in [6, 6.07) is 0.131. The van der Waals surface area contributed by atoms with Gasteiger partial charge in [0.25, 0.3) is 0 Å². The topological polar surface area (TPSA) is 58.6 Å². The molecule has 5 heteroatoms. The molecule has 21 heavy (non-hydrogen) atoms. The van der Waals surface area contributed by atoms with Gasteiger partial charge in [-0.15, -0.1) is 0 Å². The van der Waals surface area contributed by atoms with E-state index in [0.29, 0.717) is 6.61 Å². The van der Waals surface area contributed by atoms with Crippen LogP contribution in [0.2, 0.25) is 0 Å². The summed E-state index contributed by atoms with van der Waals surface area (Å²) in [5, 5.41) is 3.01. The van der Waals surface area contributed by atoms with Crippen LogP contribution >= 0.6 is 0 Å². The normalized spacial score (nSPS) is 32.1. The van der Waals surface area contributed by atoms with Crippen LogP contribution < -0.4 is 5.32 Å². The van der Waals surface area contributed by atoms with Gasteiger partial charge in [0.1, 0.15) is 5.54 Å². The number of hydrogen-bond donors (Lipinski definition) is 1. The minimum atomic E-state index is -0.615. The smallest absolute Gasteiger partial charge is 0.249 e. The molecule has 0 radical (unpaired) electrons. The molecule has 3 rings (SSSR count). The molecular formula is C16H26N2O3. The van der Waals surface area contributed by atoms with Gasteiger partial charge in [-0.2, -0.15) is 0 Å².